The van der Waals surface area contributed by atoms with Gasteiger partial charge in [0.25, 0.3) is 0 Å². The van der Waals surface area contributed by atoms with Gasteiger partial charge in [0.2, 0.25) is 5.41 Å². The smallest absolute Gasteiger partial charge is 0.296 e. The number of hydrogen-bond donors (Lipinski definition) is 0. The van der Waals surface area contributed by atoms with Gasteiger partial charge in [-0.2, -0.15) is 19.6 Å². The average molecular weight is 649 g/mol. The fraction of sp³-hybridized carbons (Fsp3) is 0.545. The van der Waals surface area contributed by atoms with Gasteiger partial charge in [0.05, 0.1) is 17.1 Å². The minimum absolute atomic E-state index is 0.0113. The second-order valence-corrected chi connectivity index (χ2v) is 14.5. The van der Waals surface area contributed by atoms with Crippen molar-refractivity contribution in [1.82, 2.24) is 0 Å². The quantitative estimate of drug-likeness (QED) is 0.100. The zero-order chi connectivity index (χ0) is 35.3. The standard InChI is InChI=1S/C33H44O13/c1-29(2,3)43-39-25(35)22-15-13-14-20(18-22)24(34)21-16-17-33(27(37)41-45-31(7,8)9,28(38)42-46-32(10,11)12)23(19-21)26(36)40-44-30(4,5)6/h13-19,21H,1-12H3. The predicted octanol–water partition coefficient (Wildman–Crippen LogP) is 5.67. The monoisotopic (exact) mass is 648 g/mol. The third-order valence-electron chi connectivity index (χ3n) is 5.34. The van der Waals surface area contributed by atoms with Gasteiger partial charge >= 0.3 is 23.9 Å². The van der Waals surface area contributed by atoms with Crippen molar-refractivity contribution >= 4 is 29.7 Å². The fourth-order valence-electron chi connectivity index (χ4n) is 3.40. The van der Waals surface area contributed by atoms with E-state index in [-0.39, 0.29) is 11.1 Å². The van der Waals surface area contributed by atoms with Crippen LogP contribution in [0.2, 0.25) is 0 Å². The summed E-state index contributed by atoms with van der Waals surface area (Å²) in [6, 6.07) is 5.59. The first-order chi connectivity index (χ1) is 20.8. The Kier molecular flexibility index (Phi) is 11.9. The lowest BCUT2D eigenvalue weighted by Crippen LogP contribution is -2.47. The van der Waals surface area contributed by atoms with E-state index in [4.69, 9.17) is 39.1 Å². The predicted molar refractivity (Wildman–Crippen MR) is 161 cm³/mol. The van der Waals surface area contributed by atoms with Crippen LogP contribution in [-0.2, 0) is 53.5 Å². The summed E-state index contributed by atoms with van der Waals surface area (Å²) in [6.45, 7) is 19.3. The summed E-state index contributed by atoms with van der Waals surface area (Å²) in [6.07, 6.45) is 3.22. The summed E-state index contributed by atoms with van der Waals surface area (Å²) in [5.74, 6) is -6.75. The van der Waals surface area contributed by atoms with Crippen LogP contribution in [0.3, 0.4) is 0 Å². The fourth-order valence-corrected chi connectivity index (χ4v) is 3.40. The Bertz CT molecular complexity index is 1350. The summed E-state index contributed by atoms with van der Waals surface area (Å²) < 4.78 is 0. The molecule has 46 heavy (non-hydrogen) atoms. The Labute approximate surface area is 268 Å². The van der Waals surface area contributed by atoms with Crippen molar-refractivity contribution in [3.63, 3.8) is 0 Å². The number of carbonyl (C=O) groups is 5. The van der Waals surface area contributed by atoms with E-state index in [1.807, 2.05) is 0 Å². The van der Waals surface area contributed by atoms with Gasteiger partial charge in [-0.1, -0.05) is 30.4 Å². The summed E-state index contributed by atoms with van der Waals surface area (Å²) >= 11 is 0. The van der Waals surface area contributed by atoms with Crippen LogP contribution in [0.1, 0.15) is 104 Å². The maximum absolute atomic E-state index is 13.7. The van der Waals surface area contributed by atoms with Crippen molar-refractivity contribution in [2.75, 3.05) is 0 Å². The highest BCUT2D eigenvalue weighted by Gasteiger charge is 2.57. The molecule has 0 heterocycles. The van der Waals surface area contributed by atoms with E-state index in [0.29, 0.717) is 0 Å². The zero-order valence-corrected chi connectivity index (χ0v) is 28.4. The molecule has 1 aromatic carbocycles. The molecule has 0 saturated carbocycles. The molecule has 0 radical (unpaired) electrons. The van der Waals surface area contributed by atoms with Crippen molar-refractivity contribution in [1.29, 1.82) is 0 Å². The first kappa shape index (κ1) is 38.3. The maximum Gasteiger partial charge on any atom is 0.373 e. The average Bonchev–Trinajstić information content (AvgIpc) is 2.93. The molecule has 0 saturated heterocycles. The van der Waals surface area contributed by atoms with E-state index in [0.717, 1.165) is 12.2 Å². The highest BCUT2D eigenvalue weighted by molar-refractivity contribution is 6.15. The first-order valence-corrected chi connectivity index (χ1v) is 14.5. The lowest BCUT2D eigenvalue weighted by molar-refractivity contribution is -0.337. The van der Waals surface area contributed by atoms with E-state index in [1.165, 1.54) is 30.3 Å². The van der Waals surface area contributed by atoms with E-state index in [2.05, 4.69) is 0 Å². The highest BCUT2D eigenvalue weighted by atomic mass is 17.2. The first-order valence-electron chi connectivity index (χ1n) is 14.5. The third kappa shape index (κ3) is 11.2. The van der Waals surface area contributed by atoms with Gasteiger partial charge in [-0.25, -0.2) is 19.2 Å². The van der Waals surface area contributed by atoms with E-state index >= 15 is 0 Å². The molecule has 13 heteroatoms. The molecule has 1 aliphatic rings. The Morgan fingerprint density at radius 2 is 1.00 bits per heavy atom. The third-order valence-corrected chi connectivity index (χ3v) is 5.34. The molecule has 1 unspecified atom stereocenters. The van der Waals surface area contributed by atoms with Crippen LogP contribution >= 0.6 is 0 Å². The second kappa shape index (κ2) is 14.2. The maximum atomic E-state index is 13.7. The molecule has 0 N–H and O–H groups in total. The largest absolute Gasteiger partial charge is 0.373 e. The number of rotatable bonds is 10. The molecule has 1 aliphatic carbocycles. The van der Waals surface area contributed by atoms with Crippen molar-refractivity contribution in [3.05, 3.63) is 59.2 Å². The van der Waals surface area contributed by atoms with Crippen molar-refractivity contribution in [2.24, 2.45) is 11.3 Å². The second-order valence-electron chi connectivity index (χ2n) is 14.5. The molecule has 0 bridgehead atoms. The van der Waals surface area contributed by atoms with Gasteiger partial charge in [0, 0.05) is 5.56 Å². The molecular weight excluding hydrogens is 604 g/mol. The number of carbonyl (C=O) groups excluding carboxylic acids is 5. The van der Waals surface area contributed by atoms with Crippen molar-refractivity contribution < 1.29 is 63.1 Å². The summed E-state index contributed by atoms with van der Waals surface area (Å²) in [7, 11) is 0. The number of ketones is 1. The van der Waals surface area contributed by atoms with E-state index in [9.17, 15) is 24.0 Å². The minimum atomic E-state index is -2.65. The van der Waals surface area contributed by atoms with Crippen LogP contribution < -0.4 is 0 Å². The lowest BCUT2D eigenvalue weighted by atomic mass is 9.73. The molecule has 254 valence electrons. The lowest BCUT2D eigenvalue weighted by Gasteiger charge is -2.32. The molecule has 1 aromatic rings. The van der Waals surface area contributed by atoms with Crippen LogP contribution in [0.5, 0.6) is 0 Å². The summed E-state index contributed by atoms with van der Waals surface area (Å²) in [5.41, 5.74) is -7.05. The van der Waals surface area contributed by atoms with Gasteiger partial charge in [0.1, 0.15) is 22.4 Å². The number of hydrogen-bond acceptors (Lipinski definition) is 13. The van der Waals surface area contributed by atoms with Gasteiger partial charge in [-0.15, -0.1) is 0 Å². The van der Waals surface area contributed by atoms with Crippen LogP contribution in [0, 0.1) is 11.3 Å². The SMILES string of the molecule is CC(C)(C)OOC(=O)C1=CC(C(=O)c2cccc(C(=O)OOC(C)(C)C)c2)C=CC1(C(=O)OOC(C)(C)C)C(=O)OOC(C)(C)C. The molecular formula is C33H44O13. The van der Waals surface area contributed by atoms with Crippen LogP contribution in [0.15, 0.2) is 48.1 Å². The Balaban J connectivity index is 2.62. The molecule has 1 atom stereocenters. The molecule has 0 aliphatic heterocycles. The molecule has 0 spiro atoms. The molecule has 0 fully saturated rings. The van der Waals surface area contributed by atoms with Crippen molar-refractivity contribution in [3.8, 4) is 0 Å². The Morgan fingerprint density at radius 1 is 0.587 bits per heavy atom. The molecule has 0 amide bonds. The topological polar surface area (TPSA) is 159 Å². The normalized spacial score (nSPS) is 16.6. The molecule has 13 nitrogen and oxygen atoms in total. The van der Waals surface area contributed by atoms with Crippen LogP contribution in [0.4, 0.5) is 0 Å². The number of Topliss-reactive ketones (excluding diaryl/α,β-unsaturated/α-hetero) is 1. The molecule has 2 rings (SSSR count). The highest BCUT2D eigenvalue weighted by Crippen LogP contribution is 2.40. The van der Waals surface area contributed by atoms with Gasteiger partial charge in [-0.05, 0) is 95.2 Å². The number of benzene rings is 1. The summed E-state index contributed by atoms with van der Waals surface area (Å²) in [5, 5.41) is 0. The molecule has 0 aromatic heterocycles. The Hall–Kier alpha value is -3.91. The Morgan fingerprint density at radius 3 is 1.46 bits per heavy atom. The number of allylic oxidation sites excluding steroid dienone is 2. The van der Waals surface area contributed by atoms with Crippen LogP contribution in [0.25, 0.3) is 0 Å². The van der Waals surface area contributed by atoms with Crippen molar-refractivity contribution in [2.45, 2.75) is 105 Å². The van der Waals surface area contributed by atoms with E-state index < -0.39 is 69.0 Å². The van der Waals surface area contributed by atoms with Gasteiger partial charge in [-0.3, -0.25) is 24.3 Å². The summed E-state index contributed by atoms with van der Waals surface area (Å²) in [4.78, 5) is 108. The van der Waals surface area contributed by atoms with E-state index in [1.54, 1.807) is 83.1 Å². The minimum Gasteiger partial charge on any atom is -0.296 e. The zero-order valence-electron chi connectivity index (χ0n) is 28.4. The van der Waals surface area contributed by atoms with Crippen LogP contribution in [-0.4, -0.2) is 52.1 Å². The van der Waals surface area contributed by atoms with Gasteiger partial charge in [0.15, 0.2) is 5.78 Å². The van der Waals surface area contributed by atoms with Gasteiger partial charge < -0.3 is 0 Å².